The predicted octanol–water partition coefficient (Wildman–Crippen LogP) is 5.36. The third-order valence-corrected chi connectivity index (χ3v) is 6.86. The maximum absolute atomic E-state index is 14.3. The summed E-state index contributed by atoms with van der Waals surface area (Å²) >= 11 is 4.91. The van der Waals surface area contributed by atoms with Gasteiger partial charge in [-0.05, 0) is 58.1 Å². The Balaban J connectivity index is 1.73. The highest BCUT2D eigenvalue weighted by molar-refractivity contribution is 7.91. The van der Waals surface area contributed by atoms with Crippen molar-refractivity contribution in [3.05, 3.63) is 39.1 Å². The van der Waals surface area contributed by atoms with Gasteiger partial charge in [0, 0.05) is 11.5 Å². The Bertz CT molecular complexity index is 996. The van der Waals surface area contributed by atoms with Crippen molar-refractivity contribution in [1.29, 1.82) is 0 Å². The maximum atomic E-state index is 14.3. The number of aromatic nitrogens is 1. The van der Waals surface area contributed by atoms with Crippen LogP contribution in [0.2, 0.25) is 5.02 Å². The summed E-state index contributed by atoms with van der Waals surface area (Å²) in [6.07, 6.45) is 3.79. The fraction of sp³-hybridized carbons (Fsp3) is 0.545. The monoisotopic (exact) mass is 454 g/mol. The van der Waals surface area contributed by atoms with Crippen LogP contribution >= 0.6 is 11.6 Å². The number of alkyl halides is 1. The Morgan fingerprint density at radius 3 is 2.73 bits per heavy atom. The van der Waals surface area contributed by atoms with Crippen LogP contribution in [0.15, 0.2) is 27.4 Å². The molecule has 1 unspecified atom stereocenters. The van der Waals surface area contributed by atoms with Gasteiger partial charge in [-0.1, -0.05) is 29.3 Å². The van der Waals surface area contributed by atoms with Crippen molar-refractivity contribution < 1.29 is 13.7 Å². The van der Waals surface area contributed by atoms with Gasteiger partial charge in [0.25, 0.3) is 5.56 Å². The molecule has 30 heavy (non-hydrogen) atoms. The molecule has 1 aliphatic rings. The molecule has 0 amide bonds. The van der Waals surface area contributed by atoms with E-state index in [-0.39, 0.29) is 11.5 Å². The van der Waals surface area contributed by atoms with E-state index in [1.807, 2.05) is 27.7 Å². The number of pyridine rings is 1. The zero-order chi connectivity index (χ0) is 22.1. The molecule has 3 rings (SSSR count). The van der Waals surface area contributed by atoms with Gasteiger partial charge in [-0.25, -0.2) is 4.39 Å². The van der Waals surface area contributed by atoms with Crippen molar-refractivity contribution in [3.63, 3.8) is 0 Å². The second-order valence-corrected chi connectivity index (χ2v) is 11.3. The van der Waals surface area contributed by atoms with Gasteiger partial charge in [-0.3, -0.25) is 4.79 Å². The molecule has 2 aromatic rings. The zero-order valence-electron chi connectivity index (χ0n) is 17.8. The van der Waals surface area contributed by atoms with Crippen molar-refractivity contribution >= 4 is 40.1 Å². The number of nitrogens with one attached hydrogen (secondary N) is 1. The summed E-state index contributed by atoms with van der Waals surface area (Å²) in [5.41, 5.74) is -0.510. The number of hydrogen-bond acceptors (Lipinski definition) is 4. The zero-order valence-corrected chi connectivity index (χ0v) is 19.3. The number of rotatable bonds is 7. The highest BCUT2D eigenvalue weighted by Gasteiger charge is 2.44. The van der Waals surface area contributed by atoms with E-state index in [1.54, 1.807) is 18.2 Å². The lowest BCUT2D eigenvalue weighted by atomic mass is 9.70. The number of H-pyrrole nitrogens is 1. The molecule has 1 aromatic carbocycles. The quantitative estimate of drug-likeness (QED) is 0.451. The molecule has 5 nitrogen and oxygen atoms in total. The van der Waals surface area contributed by atoms with Gasteiger partial charge < -0.3 is 14.3 Å². The molecule has 0 bridgehead atoms. The van der Waals surface area contributed by atoms with Crippen molar-refractivity contribution in [2.45, 2.75) is 63.8 Å². The Kier molecular flexibility index (Phi) is 6.84. The van der Waals surface area contributed by atoms with E-state index < -0.39 is 21.8 Å². The van der Waals surface area contributed by atoms with E-state index >= 15 is 0 Å². The first-order valence-electron chi connectivity index (χ1n) is 10.1. The number of hydrogen-bond donors (Lipinski definition) is 1. The van der Waals surface area contributed by atoms with Crippen LogP contribution in [0, 0.1) is 5.92 Å². The van der Waals surface area contributed by atoms with Crippen LogP contribution in [0.25, 0.3) is 10.9 Å². The number of fused-ring (bicyclic) bond motifs is 1. The summed E-state index contributed by atoms with van der Waals surface area (Å²) in [5, 5.41) is 1.12. The first-order chi connectivity index (χ1) is 14.0. The average Bonchev–Trinajstić information content (AvgIpc) is 2.62. The molecule has 0 saturated heterocycles. The molecule has 1 heterocycles. The molecule has 8 heteroatoms. The minimum absolute atomic E-state index is 0.176. The van der Waals surface area contributed by atoms with E-state index in [0.29, 0.717) is 53.1 Å². The molecule has 1 aromatic heterocycles. The maximum Gasteiger partial charge on any atom is 0.257 e. The molecular weight excluding hydrogens is 427 g/mol. The van der Waals surface area contributed by atoms with Gasteiger partial charge in [0.1, 0.15) is 27.5 Å². The molecule has 1 aliphatic carbocycles. The predicted molar refractivity (Wildman–Crippen MR) is 122 cm³/mol. The van der Waals surface area contributed by atoms with Gasteiger partial charge in [0.15, 0.2) is 0 Å². The van der Waals surface area contributed by atoms with Gasteiger partial charge in [-0.2, -0.15) is 0 Å². The topological polar surface area (TPSA) is 77.5 Å². The minimum atomic E-state index is -1.45. The van der Waals surface area contributed by atoms with E-state index in [4.69, 9.17) is 16.3 Å². The second kappa shape index (κ2) is 8.89. The largest absolute Gasteiger partial charge is 0.591 e. The normalized spacial score (nSPS) is 23.0. The molecular formula is C22H28ClFN2O3S. The van der Waals surface area contributed by atoms with Gasteiger partial charge in [-0.15, -0.1) is 0 Å². The third-order valence-electron chi connectivity index (χ3n) is 5.22. The smallest absolute Gasteiger partial charge is 0.257 e. The number of benzene rings is 1. The molecule has 164 valence electrons. The lowest BCUT2D eigenvalue weighted by Crippen LogP contribution is -2.42. The highest BCUT2D eigenvalue weighted by Crippen LogP contribution is 2.44. The SMILES string of the molecule is CCCC1(F)CC(COc2cc3[nH]c(=O)c(C=N[S+]([O-])C(C)(C)C)cc3cc2Cl)C1. The summed E-state index contributed by atoms with van der Waals surface area (Å²) in [5.74, 6) is 0.636. The molecule has 0 spiro atoms. The van der Waals surface area contributed by atoms with Crippen LogP contribution < -0.4 is 10.3 Å². The minimum Gasteiger partial charge on any atom is -0.591 e. The second-order valence-electron chi connectivity index (χ2n) is 9.01. The summed E-state index contributed by atoms with van der Waals surface area (Å²) in [4.78, 5) is 15.2. The van der Waals surface area contributed by atoms with Crippen molar-refractivity contribution in [1.82, 2.24) is 4.98 Å². The summed E-state index contributed by atoms with van der Waals surface area (Å²) in [6.45, 7) is 7.82. The standard InChI is InChI=1S/C22H28ClFN2O3S/c1-5-6-22(24)10-14(11-22)13-29-19-9-18-15(8-17(19)23)7-16(20(27)26-18)12-25-30(28)21(2,3)4/h7-9,12,14H,5-6,10-11,13H2,1-4H3,(H,26,27). The third kappa shape index (κ3) is 5.37. The highest BCUT2D eigenvalue weighted by atomic mass is 35.5. The molecule has 1 atom stereocenters. The van der Waals surface area contributed by atoms with Crippen LogP contribution in [-0.4, -0.2) is 32.8 Å². The van der Waals surface area contributed by atoms with Crippen molar-refractivity contribution in [2.75, 3.05) is 6.61 Å². The molecule has 0 radical (unpaired) electrons. The van der Waals surface area contributed by atoms with E-state index in [9.17, 15) is 13.7 Å². The molecule has 1 fully saturated rings. The fourth-order valence-corrected chi connectivity index (χ4v) is 4.40. The fourth-order valence-electron chi connectivity index (χ4n) is 3.65. The van der Waals surface area contributed by atoms with Crippen molar-refractivity contribution in [3.8, 4) is 5.75 Å². The van der Waals surface area contributed by atoms with Crippen LogP contribution in [0.5, 0.6) is 5.75 Å². The van der Waals surface area contributed by atoms with Crippen LogP contribution in [0.4, 0.5) is 4.39 Å². The van der Waals surface area contributed by atoms with Crippen LogP contribution in [-0.2, 0) is 11.4 Å². The Hall–Kier alpha value is -1.57. The number of ether oxygens (including phenoxy) is 1. The Morgan fingerprint density at radius 1 is 1.40 bits per heavy atom. The Labute approximate surface area is 184 Å². The van der Waals surface area contributed by atoms with Crippen LogP contribution in [0.3, 0.4) is 0 Å². The van der Waals surface area contributed by atoms with Gasteiger partial charge in [0.2, 0.25) is 0 Å². The molecule has 0 aliphatic heterocycles. The van der Waals surface area contributed by atoms with Gasteiger partial charge in [0.05, 0.1) is 28.9 Å². The first-order valence-corrected chi connectivity index (χ1v) is 11.6. The lowest BCUT2D eigenvalue weighted by molar-refractivity contribution is -0.0200. The molecule has 1 N–H and O–H groups in total. The summed E-state index contributed by atoms with van der Waals surface area (Å²) in [7, 11) is 0. The number of halogens is 2. The van der Waals surface area contributed by atoms with Gasteiger partial charge >= 0.3 is 0 Å². The van der Waals surface area contributed by atoms with E-state index in [2.05, 4.69) is 9.38 Å². The first kappa shape index (κ1) is 23.1. The van der Waals surface area contributed by atoms with E-state index in [0.717, 1.165) is 6.42 Å². The molecule has 1 saturated carbocycles. The van der Waals surface area contributed by atoms with E-state index in [1.165, 1.54) is 6.21 Å². The van der Waals surface area contributed by atoms with Crippen molar-refractivity contribution in [2.24, 2.45) is 10.3 Å². The average molecular weight is 455 g/mol. The number of nitrogens with zero attached hydrogens (tertiary/aromatic N) is 1. The summed E-state index contributed by atoms with van der Waals surface area (Å²) < 4.78 is 35.7. The lowest BCUT2D eigenvalue weighted by Gasteiger charge is -2.41. The Morgan fingerprint density at radius 2 is 2.10 bits per heavy atom. The van der Waals surface area contributed by atoms with Crippen LogP contribution in [0.1, 0.15) is 58.9 Å². The number of aromatic amines is 1. The summed E-state index contributed by atoms with van der Waals surface area (Å²) in [6, 6.07) is 5.04.